The van der Waals surface area contributed by atoms with Gasteiger partial charge in [0.05, 0.1) is 4.90 Å². The number of carbonyl (C=O) groups excluding carboxylic acids is 1. The molecule has 0 heterocycles. The molecule has 10 heteroatoms. The van der Waals surface area contributed by atoms with E-state index in [1.54, 1.807) is 58.3 Å². The number of nitrogens with zero attached hydrogens (tertiary/aromatic N) is 1. The minimum absolute atomic E-state index is 0.0223. The lowest BCUT2D eigenvalue weighted by Gasteiger charge is -2.16. The van der Waals surface area contributed by atoms with Gasteiger partial charge in [-0.2, -0.15) is 0 Å². The number of aryl methyl sites for hydroxylation is 1. The quantitative estimate of drug-likeness (QED) is 0.638. The fourth-order valence-corrected chi connectivity index (χ4v) is 4.49. The Morgan fingerprint density at radius 1 is 1.17 bits per heavy atom. The molecule has 0 unspecified atom stereocenters. The van der Waals surface area contributed by atoms with Crippen molar-refractivity contribution in [3.8, 4) is 5.75 Å². The molecular weight excluding hydrogens is 416 g/mol. The number of carbonyl (C=O) groups is 2. The number of thioether (sulfide) groups is 1. The van der Waals surface area contributed by atoms with Crippen LogP contribution in [0, 0.1) is 13.8 Å². The molecule has 0 radical (unpaired) electrons. The van der Waals surface area contributed by atoms with E-state index >= 15 is 0 Å². The maximum absolute atomic E-state index is 12.9. The Labute approximate surface area is 173 Å². The first-order chi connectivity index (χ1) is 13.5. The van der Waals surface area contributed by atoms with Crippen LogP contribution < -0.4 is 9.46 Å². The minimum Gasteiger partial charge on any atom is -0.481 e. The molecule has 0 saturated heterocycles. The molecule has 0 saturated carbocycles. The molecule has 1 amide bonds. The number of nitrogens with one attached hydrogen (secondary N) is 1. The highest BCUT2D eigenvalue weighted by atomic mass is 32.2. The molecular formula is C19H22N2O6S2. The highest BCUT2D eigenvalue weighted by Crippen LogP contribution is 2.31. The lowest BCUT2D eigenvalue weighted by Crippen LogP contribution is -2.17. The maximum atomic E-state index is 12.9. The third-order valence-corrected chi connectivity index (χ3v) is 6.39. The summed E-state index contributed by atoms with van der Waals surface area (Å²) in [5.74, 6) is -0.937. The SMILES string of the molecule is Cc1ccc(S(=O)(=O)Nc2cccc(SC(=O)N(C)C)c2)c(C)c1OCC(=O)O. The Morgan fingerprint density at radius 2 is 1.86 bits per heavy atom. The molecule has 0 aliphatic rings. The summed E-state index contributed by atoms with van der Waals surface area (Å²) in [7, 11) is -0.703. The lowest BCUT2D eigenvalue weighted by atomic mass is 10.1. The zero-order valence-corrected chi connectivity index (χ0v) is 18.1. The molecule has 2 aromatic rings. The number of hydrogen-bond donors (Lipinski definition) is 2. The molecule has 0 fully saturated rings. The smallest absolute Gasteiger partial charge is 0.341 e. The predicted octanol–water partition coefficient (Wildman–Crippen LogP) is 3.34. The first-order valence-electron chi connectivity index (χ1n) is 8.48. The van der Waals surface area contributed by atoms with Gasteiger partial charge in [-0.25, -0.2) is 13.2 Å². The number of ether oxygens (including phenoxy) is 1. The van der Waals surface area contributed by atoms with Gasteiger partial charge < -0.3 is 14.7 Å². The van der Waals surface area contributed by atoms with Gasteiger partial charge in [-0.15, -0.1) is 0 Å². The lowest BCUT2D eigenvalue weighted by molar-refractivity contribution is -0.139. The van der Waals surface area contributed by atoms with Gasteiger partial charge >= 0.3 is 5.97 Å². The zero-order valence-electron chi connectivity index (χ0n) is 16.4. The largest absolute Gasteiger partial charge is 0.481 e. The van der Waals surface area contributed by atoms with Crippen molar-refractivity contribution in [2.45, 2.75) is 23.6 Å². The van der Waals surface area contributed by atoms with Crippen molar-refractivity contribution >= 4 is 38.7 Å². The second-order valence-corrected chi connectivity index (χ2v) is 9.09. The highest BCUT2D eigenvalue weighted by molar-refractivity contribution is 8.13. The van der Waals surface area contributed by atoms with E-state index in [9.17, 15) is 18.0 Å². The van der Waals surface area contributed by atoms with E-state index in [0.717, 1.165) is 11.8 Å². The Balaban J connectivity index is 2.31. The van der Waals surface area contributed by atoms with Gasteiger partial charge in [-0.05, 0) is 55.4 Å². The summed E-state index contributed by atoms with van der Waals surface area (Å²) in [6.45, 7) is 2.69. The van der Waals surface area contributed by atoms with Gasteiger partial charge in [0, 0.05) is 30.2 Å². The molecule has 8 nitrogen and oxygen atoms in total. The minimum atomic E-state index is -3.97. The molecule has 2 aromatic carbocycles. The van der Waals surface area contributed by atoms with Crippen LogP contribution in [-0.4, -0.2) is 50.3 Å². The first kappa shape index (κ1) is 22.6. The van der Waals surface area contributed by atoms with Gasteiger partial charge in [-0.3, -0.25) is 9.52 Å². The van der Waals surface area contributed by atoms with Gasteiger partial charge in [0.1, 0.15) is 5.75 Å². The van der Waals surface area contributed by atoms with Crippen LogP contribution in [0.5, 0.6) is 5.75 Å². The summed E-state index contributed by atoms with van der Waals surface area (Å²) in [5.41, 5.74) is 1.24. The summed E-state index contributed by atoms with van der Waals surface area (Å²) >= 11 is 0.981. The summed E-state index contributed by atoms with van der Waals surface area (Å²) in [6, 6.07) is 9.49. The maximum Gasteiger partial charge on any atom is 0.341 e. The summed E-state index contributed by atoms with van der Waals surface area (Å²) in [6.07, 6.45) is 0. The first-order valence-corrected chi connectivity index (χ1v) is 10.8. The van der Waals surface area contributed by atoms with Crippen molar-refractivity contribution in [3.63, 3.8) is 0 Å². The molecule has 0 aromatic heterocycles. The van der Waals surface area contributed by atoms with Gasteiger partial charge in [0.15, 0.2) is 6.61 Å². The summed E-state index contributed by atoms with van der Waals surface area (Å²) in [5, 5.41) is 8.64. The van der Waals surface area contributed by atoms with E-state index in [-0.39, 0.29) is 15.9 Å². The fourth-order valence-electron chi connectivity index (χ4n) is 2.48. The highest BCUT2D eigenvalue weighted by Gasteiger charge is 2.21. The van der Waals surface area contributed by atoms with Crippen LogP contribution in [0.3, 0.4) is 0 Å². The van der Waals surface area contributed by atoms with Crippen LogP contribution in [0.25, 0.3) is 0 Å². The molecule has 0 aliphatic carbocycles. The van der Waals surface area contributed by atoms with Crippen LogP contribution in [0.15, 0.2) is 46.2 Å². The van der Waals surface area contributed by atoms with Crippen molar-refractivity contribution < 1.29 is 27.9 Å². The van der Waals surface area contributed by atoms with Gasteiger partial charge in [0.25, 0.3) is 15.3 Å². The van der Waals surface area contributed by atoms with Crippen LogP contribution >= 0.6 is 11.8 Å². The molecule has 0 aliphatic heterocycles. The molecule has 2 rings (SSSR count). The number of hydrogen-bond acceptors (Lipinski definition) is 6. The Kier molecular flexibility index (Phi) is 7.15. The molecule has 0 spiro atoms. The molecule has 0 atom stereocenters. The van der Waals surface area contributed by atoms with Crippen molar-refractivity contribution in [1.82, 2.24) is 4.90 Å². The second kappa shape index (κ2) is 9.19. The van der Waals surface area contributed by atoms with E-state index in [0.29, 0.717) is 21.7 Å². The Bertz CT molecular complexity index is 1030. The third-order valence-electron chi connectivity index (χ3n) is 3.84. The number of anilines is 1. The topological polar surface area (TPSA) is 113 Å². The number of amides is 1. The number of sulfonamides is 1. The standard InChI is InChI=1S/C19H22N2O6S2/c1-12-8-9-16(13(2)18(12)27-11-17(22)23)29(25,26)20-14-6-5-7-15(10-14)28-19(24)21(3)4/h5-10,20H,11H2,1-4H3,(H,22,23). The van der Waals surface area contributed by atoms with Crippen LogP contribution in [0.2, 0.25) is 0 Å². The number of carboxylic acids is 1. The molecule has 29 heavy (non-hydrogen) atoms. The molecule has 156 valence electrons. The van der Waals surface area contributed by atoms with Crippen molar-refractivity contribution in [1.29, 1.82) is 0 Å². The predicted molar refractivity (Wildman–Crippen MR) is 111 cm³/mol. The van der Waals surface area contributed by atoms with Crippen molar-refractivity contribution in [2.24, 2.45) is 0 Å². The fraction of sp³-hybridized carbons (Fsp3) is 0.263. The monoisotopic (exact) mass is 438 g/mol. The third kappa shape index (κ3) is 5.88. The normalized spacial score (nSPS) is 11.0. The number of rotatable bonds is 7. The van der Waals surface area contributed by atoms with E-state index in [1.807, 2.05) is 0 Å². The number of aliphatic carboxylic acids is 1. The van der Waals surface area contributed by atoms with Crippen LogP contribution in [-0.2, 0) is 14.8 Å². The van der Waals surface area contributed by atoms with E-state index in [4.69, 9.17) is 9.84 Å². The zero-order chi connectivity index (χ0) is 21.8. The molecule has 0 bridgehead atoms. The number of benzene rings is 2. The van der Waals surface area contributed by atoms with E-state index in [1.165, 1.54) is 11.0 Å². The Morgan fingerprint density at radius 3 is 2.48 bits per heavy atom. The van der Waals surface area contributed by atoms with Crippen molar-refractivity contribution in [2.75, 3.05) is 25.4 Å². The molecule has 2 N–H and O–H groups in total. The van der Waals surface area contributed by atoms with E-state index < -0.39 is 22.6 Å². The number of carboxylic acid groups (broad SMARTS) is 1. The van der Waals surface area contributed by atoms with Gasteiger partial charge in [0.2, 0.25) is 0 Å². The van der Waals surface area contributed by atoms with Crippen LogP contribution in [0.4, 0.5) is 10.5 Å². The Hall–Kier alpha value is -2.72. The van der Waals surface area contributed by atoms with E-state index in [2.05, 4.69) is 4.72 Å². The average molecular weight is 439 g/mol. The second-order valence-electron chi connectivity index (χ2n) is 6.41. The van der Waals surface area contributed by atoms with Gasteiger partial charge in [-0.1, -0.05) is 12.1 Å². The average Bonchev–Trinajstić information content (AvgIpc) is 2.60. The van der Waals surface area contributed by atoms with Crippen molar-refractivity contribution in [3.05, 3.63) is 47.5 Å². The van der Waals surface area contributed by atoms with Crippen LogP contribution in [0.1, 0.15) is 11.1 Å². The summed E-state index contributed by atoms with van der Waals surface area (Å²) < 4.78 is 33.6. The summed E-state index contributed by atoms with van der Waals surface area (Å²) in [4.78, 5) is 24.6.